The van der Waals surface area contributed by atoms with Crippen LogP contribution >= 0.6 is 12.4 Å². The first-order chi connectivity index (χ1) is 9.74. The molecule has 0 fully saturated rings. The standard InChI is InChI=1S/C16H20N2O2.ClH/c1-2-8-18(11-13-6-4-3-5-7-13)16(19)14-9-15(10-17)20-12-14;/h3-7,9,12H,2,8,10-11,17H2,1H3;1H. The number of halogens is 1. The predicted molar refractivity (Wildman–Crippen MR) is 85.3 cm³/mol. The van der Waals surface area contributed by atoms with Crippen molar-refractivity contribution in [1.82, 2.24) is 4.90 Å². The van der Waals surface area contributed by atoms with Crippen LogP contribution in [0.5, 0.6) is 0 Å². The zero-order chi connectivity index (χ0) is 14.4. The second-order valence-corrected chi connectivity index (χ2v) is 4.72. The molecule has 0 aliphatic carbocycles. The molecule has 0 atom stereocenters. The van der Waals surface area contributed by atoms with Crippen LogP contribution in [0.25, 0.3) is 0 Å². The van der Waals surface area contributed by atoms with E-state index >= 15 is 0 Å². The molecule has 4 nitrogen and oxygen atoms in total. The smallest absolute Gasteiger partial charge is 0.257 e. The first kappa shape index (κ1) is 17.3. The van der Waals surface area contributed by atoms with Gasteiger partial charge in [0.25, 0.3) is 5.91 Å². The van der Waals surface area contributed by atoms with Gasteiger partial charge >= 0.3 is 0 Å². The molecule has 0 radical (unpaired) electrons. The minimum absolute atomic E-state index is 0. The molecule has 2 rings (SSSR count). The van der Waals surface area contributed by atoms with Crippen LogP contribution in [0.15, 0.2) is 47.1 Å². The molecule has 0 saturated heterocycles. The number of nitrogens with two attached hydrogens (primary N) is 1. The summed E-state index contributed by atoms with van der Waals surface area (Å²) in [5.41, 5.74) is 7.19. The first-order valence-corrected chi connectivity index (χ1v) is 6.85. The van der Waals surface area contributed by atoms with Gasteiger partial charge in [0.15, 0.2) is 0 Å². The Kier molecular flexibility index (Phi) is 6.99. The average molecular weight is 309 g/mol. The lowest BCUT2D eigenvalue weighted by Crippen LogP contribution is -2.31. The molecule has 5 heteroatoms. The van der Waals surface area contributed by atoms with Crippen molar-refractivity contribution in [2.24, 2.45) is 5.73 Å². The molecular formula is C16H21ClN2O2. The fourth-order valence-electron chi connectivity index (χ4n) is 2.11. The van der Waals surface area contributed by atoms with Gasteiger partial charge in [-0.1, -0.05) is 37.3 Å². The lowest BCUT2D eigenvalue weighted by molar-refractivity contribution is 0.0742. The summed E-state index contributed by atoms with van der Waals surface area (Å²) in [5.74, 6) is 0.615. The number of hydrogen-bond donors (Lipinski definition) is 1. The monoisotopic (exact) mass is 308 g/mol. The number of furan rings is 1. The lowest BCUT2D eigenvalue weighted by atomic mass is 10.2. The van der Waals surface area contributed by atoms with Crippen LogP contribution in [0, 0.1) is 0 Å². The van der Waals surface area contributed by atoms with Gasteiger partial charge in [-0.05, 0) is 18.1 Å². The minimum atomic E-state index is -0.0147. The first-order valence-electron chi connectivity index (χ1n) is 6.85. The fraction of sp³-hybridized carbons (Fsp3) is 0.312. The van der Waals surface area contributed by atoms with Crippen LogP contribution < -0.4 is 5.73 Å². The van der Waals surface area contributed by atoms with Crippen molar-refractivity contribution in [3.63, 3.8) is 0 Å². The Bertz CT molecular complexity index is 554. The maximum Gasteiger partial charge on any atom is 0.257 e. The Morgan fingerprint density at radius 3 is 2.57 bits per heavy atom. The molecule has 114 valence electrons. The molecule has 0 aliphatic rings. The summed E-state index contributed by atoms with van der Waals surface area (Å²) < 4.78 is 5.24. The van der Waals surface area contributed by atoms with Gasteiger partial charge in [-0.15, -0.1) is 12.4 Å². The van der Waals surface area contributed by atoms with Gasteiger partial charge in [0.2, 0.25) is 0 Å². The van der Waals surface area contributed by atoms with Crippen LogP contribution in [0.2, 0.25) is 0 Å². The summed E-state index contributed by atoms with van der Waals surface area (Å²) in [7, 11) is 0. The van der Waals surface area contributed by atoms with Crippen molar-refractivity contribution in [2.75, 3.05) is 6.54 Å². The van der Waals surface area contributed by atoms with E-state index in [4.69, 9.17) is 10.2 Å². The highest BCUT2D eigenvalue weighted by molar-refractivity contribution is 5.94. The van der Waals surface area contributed by atoms with Gasteiger partial charge in [0.05, 0.1) is 12.1 Å². The van der Waals surface area contributed by atoms with Crippen LogP contribution in [-0.2, 0) is 13.1 Å². The second-order valence-electron chi connectivity index (χ2n) is 4.72. The van der Waals surface area contributed by atoms with Crippen molar-refractivity contribution in [2.45, 2.75) is 26.4 Å². The summed E-state index contributed by atoms with van der Waals surface area (Å²) in [6.45, 7) is 3.69. The lowest BCUT2D eigenvalue weighted by Gasteiger charge is -2.21. The van der Waals surface area contributed by atoms with E-state index < -0.39 is 0 Å². The summed E-state index contributed by atoms with van der Waals surface area (Å²) in [6.07, 6.45) is 2.40. The van der Waals surface area contributed by atoms with Gasteiger partial charge in [-0.25, -0.2) is 0 Å². The quantitative estimate of drug-likeness (QED) is 0.891. The van der Waals surface area contributed by atoms with Gasteiger partial charge in [-0.2, -0.15) is 0 Å². The van der Waals surface area contributed by atoms with Gasteiger partial charge < -0.3 is 15.1 Å². The summed E-state index contributed by atoms with van der Waals surface area (Å²) in [6, 6.07) is 11.7. The van der Waals surface area contributed by atoms with E-state index in [0.29, 0.717) is 24.4 Å². The highest BCUT2D eigenvalue weighted by Gasteiger charge is 2.17. The maximum atomic E-state index is 12.5. The Balaban J connectivity index is 0.00000220. The van der Waals surface area contributed by atoms with Gasteiger partial charge in [-0.3, -0.25) is 4.79 Å². The Morgan fingerprint density at radius 2 is 2.00 bits per heavy atom. The fourth-order valence-corrected chi connectivity index (χ4v) is 2.11. The molecule has 0 aliphatic heterocycles. The summed E-state index contributed by atoms with van der Waals surface area (Å²) >= 11 is 0. The predicted octanol–water partition coefficient (Wildman–Crippen LogP) is 3.21. The molecule has 0 unspecified atom stereocenters. The van der Waals surface area contributed by atoms with E-state index in [2.05, 4.69) is 6.92 Å². The molecule has 21 heavy (non-hydrogen) atoms. The van der Waals surface area contributed by atoms with Gasteiger partial charge in [0, 0.05) is 13.1 Å². The van der Waals surface area contributed by atoms with E-state index in [1.165, 1.54) is 6.26 Å². The Labute approximate surface area is 131 Å². The van der Waals surface area contributed by atoms with E-state index in [0.717, 1.165) is 18.5 Å². The minimum Gasteiger partial charge on any atom is -0.467 e. The number of amides is 1. The van der Waals surface area contributed by atoms with Crippen molar-refractivity contribution < 1.29 is 9.21 Å². The van der Waals surface area contributed by atoms with Crippen LogP contribution in [-0.4, -0.2) is 17.4 Å². The van der Waals surface area contributed by atoms with E-state index in [9.17, 15) is 4.79 Å². The molecule has 0 bridgehead atoms. The second kappa shape index (κ2) is 8.49. The van der Waals surface area contributed by atoms with E-state index in [1.54, 1.807) is 6.07 Å². The summed E-state index contributed by atoms with van der Waals surface area (Å²) in [4.78, 5) is 14.3. The number of carbonyl (C=O) groups is 1. The van der Waals surface area contributed by atoms with Crippen molar-refractivity contribution in [1.29, 1.82) is 0 Å². The molecule has 1 aromatic heterocycles. The molecule has 2 aromatic rings. The number of rotatable bonds is 6. The Hall–Kier alpha value is -1.78. The molecule has 1 amide bonds. The number of hydrogen-bond acceptors (Lipinski definition) is 3. The highest BCUT2D eigenvalue weighted by Crippen LogP contribution is 2.13. The molecular weight excluding hydrogens is 288 g/mol. The molecule has 0 spiro atoms. The maximum absolute atomic E-state index is 12.5. The third-order valence-electron chi connectivity index (χ3n) is 3.10. The topological polar surface area (TPSA) is 59.5 Å². The van der Waals surface area contributed by atoms with Crippen LogP contribution in [0.4, 0.5) is 0 Å². The van der Waals surface area contributed by atoms with Gasteiger partial charge in [0.1, 0.15) is 12.0 Å². The molecule has 0 saturated carbocycles. The van der Waals surface area contributed by atoms with Crippen LogP contribution in [0.3, 0.4) is 0 Å². The SMILES string of the molecule is CCCN(Cc1ccccc1)C(=O)c1coc(CN)c1.Cl. The highest BCUT2D eigenvalue weighted by atomic mass is 35.5. The zero-order valence-corrected chi connectivity index (χ0v) is 12.9. The average Bonchev–Trinajstić information content (AvgIpc) is 2.96. The molecule has 1 heterocycles. The van der Waals surface area contributed by atoms with E-state index in [1.807, 2.05) is 35.2 Å². The Morgan fingerprint density at radius 1 is 1.29 bits per heavy atom. The number of nitrogens with zero attached hydrogens (tertiary/aromatic N) is 1. The number of benzene rings is 1. The third kappa shape index (κ3) is 4.62. The van der Waals surface area contributed by atoms with E-state index in [-0.39, 0.29) is 18.3 Å². The zero-order valence-electron chi connectivity index (χ0n) is 12.1. The van der Waals surface area contributed by atoms with Crippen LogP contribution in [0.1, 0.15) is 35.0 Å². The summed E-state index contributed by atoms with van der Waals surface area (Å²) in [5, 5.41) is 0. The molecule has 1 aromatic carbocycles. The largest absolute Gasteiger partial charge is 0.467 e. The van der Waals surface area contributed by atoms with Crippen molar-refractivity contribution in [3.05, 3.63) is 59.5 Å². The third-order valence-corrected chi connectivity index (χ3v) is 3.10. The number of carbonyl (C=O) groups excluding carboxylic acids is 1. The van der Waals surface area contributed by atoms with Crippen molar-refractivity contribution >= 4 is 18.3 Å². The molecule has 2 N–H and O–H groups in total. The normalized spacial score (nSPS) is 10.0. The van der Waals surface area contributed by atoms with Crippen molar-refractivity contribution in [3.8, 4) is 0 Å².